The number of rotatable bonds is 14. The summed E-state index contributed by atoms with van der Waals surface area (Å²) in [5, 5.41) is 3.49. The Bertz CT molecular complexity index is 1730. The molecule has 4 aromatic rings. The second kappa shape index (κ2) is 16.0. The number of likely N-dealkylation sites (N-methyl/N-ethyl adjacent to an activating group) is 1. The highest BCUT2D eigenvalue weighted by atomic mass is 35.5. The van der Waals surface area contributed by atoms with Crippen molar-refractivity contribution < 1.29 is 22.7 Å². The van der Waals surface area contributed by atoms with Crippen molar-refractivity contribution in [3.63, 3.8) is 0 Å². The first-order valence-corrected chi connectivity index (χ1v) is 17.1. The average molecular weight is 683 g/mol. The van der Waals surface area contributed by atoms with Crippen molar-refractivity contribution in [3.05, 3.63) is 124 Å². The van der Waals surface area contributed by atoms with Crippen LogP contribution in [0.4, 0.5) is 5.69 Å². The number of benzene rings is 4. The molecule has 4 rings (SSSR count). The van der Waals surface area contributed by atoms with E-state index in [9.17, 15) is 18.0 Å². The first kappa shape index (κ1) is 34.8. The van der Waals surface area contributed by atoms with E-state index in [1.807, 2.05) is 44.2 Å². The summed E-state index contributed by atoms with van der Waals surface area (Å²) in [5.74, 6) is -0.387. The molecule has 46 heavy (non-hydrogen) atoms. The Morgan fingerprint density at radius 2 is 1.52 bits per heavy atom. The van der Waals surface area contributed by atoms with E-state index in [0.717, 1.165) is 15.4 Å². The van der Waals surface area contributed by atoms with E-state index in [4.69, 9.17) is 27.9 Å². The van der Waals surface area contributed by atoms with Crippen LogP contribution in [0.5, 0.6) is 5.75 Å². The minimum atomic E-state index is -4.22. The van der Waals surface area contributed by atoms with Crippen LogP contribution in [0.15, 0.2) is 102 Å². The highest BCUT2D eigenvalue weighted by molar-refractivity contribution is 7.92. The topological polar surface area (TPSA) is 96.0 Å². The van der Waals surface area contributed by atoms with E-state index < -0.39 is 28.5 Å². The molecule has 4 aromatic carbocycles. The molecule has 0 aliphatic carbocycles. The number of aryl methyl sites for hydroxylation is 1. The number of ether oxygens (including phenoxy) is 1. The lowest BCUT2D eigenvalue weighted by Crippen LogP contribution is -2.53. The maximum atomic E-state index is 14.5. The largest absolute Gasteiger partial charge is 0.494 e. The van der Waals surface area contributed by atoms with Crippen LogP contribution in [0.3, 0.4) is 0 Å². The summed E-state index contributed by atoms with van der Waals surface area (Å²) in [4.78, 5) is 29.5. The Kier molecular flexibility index (Phi) is 12.1. The third-order valence-corrected chi connectivity index (χ3v) is 9.81. The van der Waals surface area contributed by atoms with Gasteiger partial charge in [-0.3, -0.25) is 13.9 Å². The molecule has 0 bridgehead atoms. The Morgan fingerprint density at radius 3 is 2.13 bits per heavy atom. The zero-order chi connectivity index (χ0) is 33.3. The molecule has 0 saturated carbocycles. The van der Waals surface area contributed by atoms with Gasteiger partial charge in [-0.05, 0) is 80.4 Å². The Balaban J connectivity index is 1.80. The zero-order valence-corrected chi connectivity index (χ0v) is 28.3. The Labute approximate surface area is 280 Å². The fourth-order valence-corrected chi connectivity index (χ4v) is 6.66. The second-order valence-corrected chi connectivity index (χ2v) is 13.3. The Hall–Kier alpha value is -4.05. The number of anilines is 1. The number of hydrogen-bond donors (Lipinski definition) is 1. The molecular formula is C35H37Cl2N3O5S. The smallest absolute Gasteiger partial charge is 0.264 e. The van der Waals surface area contributed by atoms with Gasteiger partial charge in [-0.1, -0.05) is 77.3 Å². The second-order valence-electron chi connectivity index (χ2n) is 10.6. The normalized spacial score (nSPS) is 11.8. The number of halogens is 2. The Morgan fingerprint density at radius 1 is 0.848 bits per heavy atom. The van der Waals surface area contributed by atoms with Crippen LogP contribution in [0.25, 0.3) is 0 Å². The van der Waals surface area contributed by atoms with Crippen LogP contribution >= 0.6 is 23.2 Å². The lowest BCUT2D eigenvalue weighted by Gasteiger charge is -2.34. The summed E-state index contributed by atoms with van der Waals surface area (Å²) < 4.78 is 34.9. The minimum absolute atomic E-state index is 0.0218. The SMILES string of the molecule is CCNC(=O)C(Cc1ccccc1)N(Cc1ccc(Cl)c(Cl)c1)C(=O)CN(c1ccc(OCC)cc1)S(=O)(=O)c1ccc(C)cc1. The summed E-state index contributed by atoms with van der Waals surface area (Å²) in [6.45, 7) is 5.70. The van der Waals surface area contributed by atoms with Crippen LogP contribution in [0, 0.1) is 6.92 Å². The minimum Gasteiger partial charge on any atom is -0.494 e. The lowest BCUT2D eigenvalue weighted by molar-refractivity contribution is -0.140. The predicted molar refractivity (Wildman–Crippen MR) is 183 cm³/mol. The van der Waals surface area contributed by atoms with E-state index in [1.165, 1.54) is 17.0 Å². The fraction of sp³-hybridized carbons (Fsp3) is 0.257. The lowest BCUT2D eigenvalue weighted by atomic mass is 10.0. The van der Waals surface area contributed by atoms with E-state index in [1.54, 1.807) is 61.5 Å². The number of amides is 2. The van der Waals surface area contributed by atoms with E-state index in [-0.39, 0.29) is 29.5 Å². The van der Waals surface area contributed by atoms with Gasteiger partial charge >= 0.3 is 0 Å². The molecule has 0 saturated heterocycles. The van der Waals surface area contributed by atoms with E-state index in [0.29, 0.717) is 34.5 Å². The maximum Gasteiger partial charge on any atom is 0.264 e. The molecule has 0 heterocycles. The van der Waals surface area contributed by atoms with Gasteiger partial charge in [0.25, 0.3) is 10.0 Å². The van der Waals surface area contributed by atoms with Gasteiger partial charge in [-0.2, -0.15) is 0 Å². The number of hydrogen-bond acceptors (Lipinski definition) is 5. The number of nitrogens with zero attached hydrogens (tertiary/aromatic N) is 2. The van der Waals surface area contributed by atoms with E-state index in [2.05, 4.69) is 5.32 Å². The molecule has 2 amide bonds. The highest BCUT2D eigenvalue weighted by Gasteiger charge is 2.34. The molecule has 0 aliphatic rings. The van der Waals surface area contributed by atoms with Gasteiger partial charge in [0.05, 0.1) is 27.2 Å². The highest BCUT2D eigenvalue weighted by Crippen LogP contribution is 2.28. The molecule has 1 atom stereocenters. The van der Waals surface area contributed by atoms with Crippen LogP contribution in [-0.2, 0) is 32.6 Å². The van der Waals surface area contributed by atoms with Crippen LogP contribution < -0.4 is 14.4 Å². The number of nitrogens with one attached hydrogen (secondary N) is 1. The van der Waals surface area contributed by atoms with Gasteiger partial charge in [0, 0.05) is 19.5 Å². The molecule has 0 aromatic heterocycles. The summed E-state index contributed by atoms with van der Waals surface area (Å²) in [5.41, 5.74) is 2.62. The average Bonchev–Trinajstić information content (AvgIpc) is 3.04. The maximum absolute atomic E-state index is 14.5. The first-order valence-electron chi connectivity index (χ1n) is 14.9. The third kappa shape index (κ3) is 8.81. The monoisotopic (exact) mass is 681 g/mol. The number of carbonyl (C=O) groups is 2. The summed E-state index contributed by atoms with van der Waals surface area (Å²) in [6, 6.07) is 26.3. The predicted octanol–water partition coefficient (Wildman–Crippen LogP) is 6.67. The van der Waals surface area contributed by atoms with Gasteiger partial charge in [0.2, 0.25) is 11.8 Å². The standard InChI is InChI=1S/C35H37Cl2N3O5S/c1-4-38-35(42)33(22-26-9-7-6-8-10-26)39(23-27-13-20-31(36)32(37)21-27)34(41)24-40(28-14-16-29(17-15-28)45-5-2)46(43,44)30-18-11-25(3)12-19-30/h6-21,33H,4-5,22-24H2,1-3H3,(H,38,42). The molecular weight excluding hydrogens is 645 g/mol. The van der Waals surface area contributed by atoms with Gasteiger partial charge in [0.15, 0.2) is 0 Å². The molecule has 0 aliphatic heterocycles. The van der Waals surface area contributed by atoms with Crippen molar-refractivity contribution in [2.75, 3.05) is 24.0 Å². The van der Waals surface area contributed by atoms with Gasteiger partial charge in [0.1, 0.15) is 18.3 Å². The molecule has 0 radical (unpaired) electrons. The van der Waals surface area contributed by atoms with Crippen molar-refractivity contribution in [2.45, 2.75) is 44.7 Å². The van der Waals surface area contributed by atoms with Crippen molar-refractivity contribution >= 4 is 50.7 Å². The van der Waals surface area contributed by atoms with E-state index >= 15 is 0 Å². The van der Waals surface area contributed by atoms with Gasteiger partial charge < -0.3 is 15.0 Å². The molecule has 1 unspecified atom stereocenters. The van der Waals surface area contributed by atoms with Gasteiger partial charge in [-0.15, -0.1) is 0 Å². The molecule has 1 N–H and O–H groups in total. The zero-order valence-electron chi connectivity index (χ0n) is 26.0. The number of sulfonamides is 1. The van der Waals surface area contributed by atoms with Crippen LogP contribution in [0.1, 0.15) is 30.5 Å². The first-order chi connectivity index (χ1) is 22.0. The molecule has 0 spiro atoms. The third-order valence-electron chi connectivity index (χ3n) is 7.28. The van der Waals surface area contributed by atoms with Crippen LogP contribution in [0.2, 0.25) is 10.0 Å². The molecule has 0 fully saturated rings. The van der Waals surface area contributed by atoms with Crippen molar-refractivity contribution in [3.8, 4) is 5.75 Å². The fourth-order valence-electron chi connectivity index (χ4n) is 4.92. The molecule has 11 heteroatoms. The molecule has 242 valence electrons. The summed E-state index contributed by atoms with van der Waals surface area (Å²) in [6.07, 6.45) is 0.202. The van der Waals surface area contributed by atoms with Crippen molar-refractivity contribution in [2.24, 2.45) is 0 Å². The molecule has 8 nitrogen and oxygen atoms in total. The van der Waals surface area contributed by atoms with Crippen LogP contribution in [-0.4, -0.2) is 50.9 Å². The number of carbonyl (C=O) groups excluding carboxylic acids is 2. The van der Waals surface area contributed by atoms with Gasteiger partial charge in [-0.25, -0.2) is 8.42 Å². The van der Waals surface area contributed by atoms with Crippen molar-refractivity contribution in [1.82, 2.24) is 10.2 Å². The summed E-state index contributed by atoms with van der Waals surface area (Å²) in [7, 11) is -4.22. The van der Waals surface area contributed by atoms with Crippen molar-refractivity contribution in [1.29, 1.82) is 0 Å². The quantitative estimate of drug-likeness (QED) is 0.160. The summed E-state index contributed by atoms with van der Waals surface area (Å²) >= 11 is 12.5.